The second-order valence-corrected chi connectivity index (χ2v) is 5.12. The van der Waals surface area contributed by atoms with Gasteiger partial charge < -0.3 is 9.64 Å². The minimum Gasteiger partial charge on any atom is -0.375 e. The average Bonchev–Trinajstić information content (AvgIpc) is 2.61. The Hall–Kier alpha value is -1.36. The molecule has 0 saturated carbocycles. The fraction of sp³-hybridized carbons (Fsp3) is 0.692. The van der Waals surface area contributed by atoms with Crippen LogP contribution >= 0.6 is 0 Å². The molecule has 0 N–H and O–H groups in total. The smallest absolute Gasteiger partial charge is 0.244 e. The summed E-state index contributed by atoms with van der Waals surface area (Å²) < 4.78 is 7.30. The summed E-state index contributed by atoms with van der Waals surface area (Å²) in [6, 6.07) is 2.13. The second kappa shape index (κ2) is 5.10. The molecule has 0 unspecified atom stereocenters. The summed E-state index contributed by atoms with van der Waals surface area (Å²) in [7, 11) is 0. The van der Waals surface area contributed by atoms with Crippen LogP contribution in [0.15, 0.2) is 6.07 Å². The zero-order valence-electron chi connectivity index (χ0n) is 11.5. The van der Waals surface area contributed by atoms with E-state index in [1.165, 1.54) is 0 Å². The van der Waals surface area contributed by atoms with Crippen LogP contribution in [-0.4, -0.2) is 45.9 Å². The molecule has 5 nitrogen and oxygen atoms in total. The van der Waals surface area contributed by atoms with Crippen molar-refractivity contribution in [3.63, 3.8) is 0 Å². The topological polar surface area (TPSA) is 47.4 Å². The van der Waals surface area contributed by atoms with E-state index in [4.69, 9.17) is 4.74 Å². The van der Waals surface area contributed by atoms with Gasteiger partial charge in [0.15, 0.2) is 0 Å². The van der Waals surface area contributed by atoms with Crippen LogP contribution in [0.2, 0.25) is 0 Å². The van der Waals surface area contributed by atoms with Gasteiger partial charge in [-0.2, -0.15) is 5.10 Å². The first kappa shape index (κ1) is 13.1. The third-order valence-electron chi connectivity index (χ3n) is 3.32. The first-order valence-electron chi connectivity index (χ1n) is 6.39. The fourth-order valence-electron chi connectivity index (χ4n) is 2.30. The monoisotopic (exact) mass is 251 g/mol. The summed E-state index contributed by atoms with van der Waals surface area (Å²) in [5, 5.41) is 4.33. The van der Waals surface area contributed by atoms with Crippen molar-refractivity contribution in [2.75, 3.05) is 13.2 Å². The summed E-state index contributed by atoms with van der Waals surface area (Å²) in [6.07, 6.45) is 0.116. The number of carbonyl (C=O) groups excluding carboxylic acids is 1. The minimum absolute atomic E-state index is 0.115. The lowest BCUT2D eigenvalue weighted by Crippen LogP contribution is -2.51. The van der Waals surface area contributed by atoms with E-state index < -0.39 is 0 Å². The van der Waals surface area contributed by atoms with Gasteiger partial charge in [-0.15, -0.1) is 0 Å². The largest absolute Gasteiger partial charge is 0.375 e. The van der Waals surface area contributed by atoms with Gasteiger partial charge in [-0.25, -0.2) is 0 Å². The third-order valence-corrected chi connectivity index (χ3v) is 3.32. The van der Waals surface area contributed by atoms with Crippen LogP contribution in [0.4, 0.5) is 0 Å². The van der Waals surface area contributed by atoms with E-state index in [2.05, 4.69) is 5.10 Å². The van der Waals surface area contributed by atoms with Gasteiger partial charge in [-0.05, 0) is 33.8 Å². The Labute approximate surface area is 108 Å². The molecule has 0 aliphatic carbocycles. The first-order chi connectivity index (χ1) is 8.47. The lowest BCUT2D eigenvalue weighted by Gasteiger charge is -2.36. The second-order valence-electron chi connectivity index (χ2n) is 5.12. The molecule has 0 radical (unpaired) electrons. The Kier molecular flexibility index (Phi) is 3.71. The van der Waals surface area contributed by atoms with Gasteiger partial charge in [0.1, 0.15) is 6.54 Å². The molecule has 1 aromatic heterocycles. The Morgan fingerprint density at radius 1 is 1.50 bits per heavy atom. The number of hydrogen-bond donors (Lipinski definition) is 0. The van der Waals surface area contributed by atoms with Gasteiger partial charge >= 0.3 is 0 Å². The summed E-state index contributed by atoms with van der Waals surface area (Å²) in [4.78, 5) is 14.2. The molecular formula is C13H21N3O2. The highest BCUT2D eigenvalue weighted by Crippen LogP contribution is 2.12. The van der Waals surface area contributed by atoms with Gasteiger partial charge in [-0.3, -0.25) is 9.48 Å². The van der Waals surface area contributed by atoms with Crippen molar-refractivity contribution in [1.82, 2.24) is 14.7 Å². The number of amides is 1. The highest BCUT2D eigenvalue weighted by atomic mass is 16.5. The molecule has 1 amide bonds. The van der Waals surface area contributed by atoms with Gasteiger partial charge in [0.05, 0.1) is 24.4 Å². The highest BCUT2D eigenvalue weighted by molar-refractivity contribution is 5.76. The number of nitrogens with zero attached hydrogens (tertiary/aromatic N) is 3. The van der Waals surface area contributed by atoms with E-state index in [-0.39, 0.29) is 18.1 Å². The molecule has 5 heteroatoms. The summed E-state index contributed by atoms with van der Waals surface area (Å²) in [5.41, 5.74) is 1.97. The molecule has 1 saturated heterocycles. The Bertz CT molecular complexity index is 441. The van der Waals surface area contributed by atoms with E-state index in [0.29, 0.717) is 19.7 Å². The first-order valence-corrected chi connectivity index (χ1v) is 6.39. The quantitative estimate of drug-likeness (QED) is 0.792. The van der Waals surface area contributed by atoms with Crippen LogP contribution in [0.1, 0.15) is 25.2 Å². The predicted molar refractivity (Wildman–Crippen MR) is 68.3 cm³/mol. The molecule has 18 heavy (non-hydrogen) atoms. The average molecular weight is 251 g/mol. The molecule has 2 rings (SSSR count). The third kappa shape index (κ3) is 2.72. The van der Waals surface area contributed by atoms with Crippen LogP contribution < -0.4 is 0 Å². The summed E-state index contributed by atoms with van der Waals surface area (Å²) in [5.74, 6) is 0.115. The van der Waals surface area contributed by atoms with E-state index in [0.717, 1.165) is 11.4 Å². The number of hydrogen-bond acceptors (Lipinski definition) is 3. The predicted octanol–water partition coefficient (Wildman–Crippen LogP) is 1.14. The van der Waals surface area contributed by atoms with Gasteiger partial charge in [0.2, 0.25) is 5.91 Å². The van der Waals surface area contributed by atoms with Crippen molar-refractivity contribution in [2.45, 2.75) is 46.4 Å². The molecule has 2 heterocycles. The number of aryl methyl sites for hydroxylation is 2. The number of aromatic nitrogens is 2. The lowest BCUT2D eigenvalue weighted by atomic mass is 10.2. The van der Waals surface area contributed by atoms with E-state index in [1.807, 2.05) is 38.7 Å². The minimum atomic E-state index is 0.115. The van der Waals surface area contributed by atoms with Gasteiger partial charge in [-0.1, -0.05) is 0 Å². The van der Waals surface area contributed by atoms with Crippen LogP contribution in [0.3, 0.4) is 0 Å². The van der Waals surface area contributed by atoms with Crippen molar-refractivity contribution in [1.29, 1.82) is 0 Å². The Morgan fingerprint density at radius 3 is 2.83 bits per heavy atom. The molecule has 100 valence electrons. The van der Waals surface area contributed by atoms with Crippen molar-refractivity contribution in [2.24, 2.45) is 0 Å². The van der Waals surface area contributed by atoms with Crippen molar-refractivity contribution < 1.29 is 9.53 Å². The van der Waals surface area contributed by atoms with Crippen LogP contribution in [0.25, 0.3) is 0 Å². The van der Waals surface area contributed by atoms with Crippen LogP contribution in [0.5, 0.6) is 0 Å². The molecule has 1 fully saturated rings. The Balaban J connectivity index is 2.05. The lowest BCUT2D eigenvalue weighted by molar-refractivity contribution is -0.144. The van der Waals surface area contributed by atoms with E-state index >= 15 is 0 Å². The standard InChI is InChI=1S/C13H21N3O2/c1-9-5-10(2)16(14-9)7-13(17)15-6-12(4)18-8-11(15)3/h5,11-12H,6-8H2,1-4H3/t11-,12+/m1/s1. The van der Waals surface area contributed by atoms with Crippen molar-refractivity contribution in [3.8, 4) is 0 Å². The van der Waals surface area contributed by atoms with Gasteiger partial charge in [0.25, 0.3) is 0 Å². The molecule has 1 aliphatic heterocycles. The Morgan fingerprint density at radius 2 is 2.22 bits per heavy atom. The van der Waals surface area contributed by atoms with Crippen molar-refractivity contribution in [3.05, 3.63) is 17.5 Å². The number of carbonyl (C=O) groups is 1. The van der Waals surface area contributed by atoms with Crippen molar-refractivity contribution >= 4 is 5.91 Å². The van der Waals surface area contributed by atoms with Crippen LogP contribution in [0, 0.1) is 13.8 Å². The molecule has 2 atom stereocenters. The van der Waals surface area contributed by atoms with E-state index in [1.54, 1.807) is 4.68 Å². The maximum Gasteiger partial charge on any atom is 0.244 e. The number of ether oxygens (including phenoxy) is 1. The normalized spacial score (nSPS) is 24.3. The van der Waals surface area contributed by atoms with Gasteiger partial charge in [0, 0.05) is 12.2 Å². The molecule has 0 bridgehead atoms. The van der Waals surface area contributed by atoms with E-state index in [9.17, 15) is 4.79 Å². The SMILES string of the molecule is Cc1cc(C)n(CC(=O)N2C[C@H](C)OC[C@H]2C)n1. The molecule has 0 aromatic carbocycles. The van der Waals surface area contributed by atoms with Crippen LogP contribution in [-0.2, 0) is 16.1 Å². The zero-order valence-corrected chi connectivity index (χ0v) is 11.5. The number of morpholine rings is 1. The zero-order chi connectivity index (χ0) is 13.3. The highest BCUT2D eigenvalue weighted by Gasteiger charge is 2.27. The maximum atomic E-state index is 12.3. The summed E-state index contributed by atoms with van der Waals surface area (Å²) >= 11 is 0. The maximum absolute atomic E-state index is 12.3. The molecule has 1 aromatic rings. The molecule has 1 aliphatic rings. The fourth-order valence-corrected chi connectivity index (χ4v) is 2.30. The summed E-state index contributed by atoms with van der Waals surface area (Å²) in [6.45, 7) is 9.52. The molecule has 0 spiro atoms. The number of rotatable bonds is 2. The molecular weight excluding hydrogens is 230 g/mol.